The molecule has 2 N–H and O–H groups in total. The van der Waals surface area contributed by atoms with Gasteiger partial charge in [0, 0.05) is 53.1 Å². The van der Waals surface area contributed by atoms with E-state index >= 15 is 0 Å². The number of aryl methyl sites for hydroxylation is 4. The lowest BCUT2D eigenvalue weighted by atomic mass is 10.1. The van der Waals surface area contributed by atoms with Gasteiger partial charge in [0.1, 0.15) is 12.2 Å². The van der Waals surface area contributed by atoms with Crippen molar-refractivity contribution in [1.29, 1.82) is 0 Å². The number of nitrogens with one attached hydrogen (secondary N) is 2. The zero-order valence-electron chi connectivity index (χ0n) is 34.8. The molecule has 17 nitrogen and oxygen atoms in total. The molecule has 6 aromatic rings. The van der Waals surface area contributed by atoms with E-state index in [1.165, 1.54) is 56.6 Å². The summed E-state index contributed by atoms with van der Waals surface area (Å²) in [6.45, 7) is -0.503. The van der Waals surface area contributed by atoms with E-state index < -0.39 is 64.3 Å². The molecular formula is C41H42F6N10O7. The number of carbonyl (C=O) groups excluding carboxylic acids is 1. The number of rotatable bonds is 10. The SMILES string of the molecule is Cn1c(N[C@@H]2CC[C@H](OC(=O)O[C@H]3CC[C@@H](Nc4nc5c(c(=O)n(Cc6ccc(C(F)(F)F)cc6)c(=O)n5C)n4C)C3)C2)nc2c1c(=O)n(Cc1ccc(C(F)(F)F)cc1)c(=O)n2C. The summed E-state index contributed by atoms with van der Waals surface area (Å²) in [6, 6.07) is 7.97. The van der Waals surface area contributed by atoms with Crippen LogP contribution in [0.15, 0.2) is 67.7 Å². The van der Waals surface area contributed by atoms with Crippen molar-refractivity contribution in [2.45, 2.75) is 88.3 Å². The highest BCUT2D eigenvalue weighted by Crippen LogP contribution is 2.32. The topological polar surface area (TPSA) is 183 Å². The van der Waals surface area contributed by atoms with Crippen molar-refractivity contribution in [2.24, 2.45) is 28.2 Å². The second-order valence-corrected chi connectivity index (χ2v) is 16.2. The van der Waals surface area contributed by atoms with Gasteiger partial charge in [0.2, 0.25) is 11.9 Å². The van der Waals surface area contributed by atoms with Gasteiger partial charge >= 0.3 is 29.9 Å². The number of hydrogen-bond donors (Lipinski definition) is 2. The molecule has 0 unspecified atom stereocenters. The summed E-state index contributed by atoms with van der Waals surface area (Å²) in [5.41, 5.74) is -3.31. The first kappa shape index (κ1) is 43.8. The maximum absolute atomic E-state index is 13.6. The molecule has 0 saturated heterocycles. The number of alkyl halides is 6. The lowest BCUT2D eigenvalue weighted by Crippen LogP contribution is -2.39. The lowest BCUT2D eigenvalue weighted by molar-refractivity contribution is -0.138. The molecule has 23 heteroatoms. The Balaban J connectivity index is 0.863. The zero-order valence-corrected chi connectivity index (χ0v) is 34.8. The first-order chi connectivity index (χ1) is 30.2. The number of fused-ring (bicyclic) bond motifs is 2. The van der Waals surface area contributed by atoms with Crippen molar-refractivity contribution in [3.05, 3.63) is 112 Å². The van der Waals surface area contributed by atoms with Gasteiger partial charge in [-0.15, -0.1) is 0 Å². The number of ether oxygens (including phenoxy) is 2. The Morgan fingerprint density at radius 1 is 0.594 bits per heavy atom. The largest absolute Gasteiger partial charge is 0.508 e. The summed E-state index contributed by atoms with van der Waals surface area (Å²) in [7, 11) is 6.08. The van der Waals surface area contributed by atoms with Crippen molar-refractivity contribution in [3.63, 3.8) is 0 Å². The number of imidazole rings is 2. The molecule has 2 aromatic carbocycles. The van der Waals surface area contributed by atoms with Crippen molar-refractivity contribution < 1.29 is 40.6 Å². The summed E-state index contributed by atoms with van der Waals surface area (Å²) < 4.78 is 96.9. The molecule has 0 spiro atoms. The second kappa shape index (κ2) is 16.4. The first-order valence-electron chi connectivity index (χ1n) is 20.2. The third kappa shape index (κ3) is 8.37. The minimum Gasteiger partial charge on any atom is -0.431 e. The molecule has 4 aromatic heterocycles. The Morgan fingerprint density at radius 3 is 1.30 bits per heavy atom. The number of benzene rings is 2. The number of nitrogens with zero attached hydrogens (tertiary/aromatic N) is 8. The molecule has 2 saturated carbocycles. The van der Waals surface area contributed by atoms with Gasteiger partial charge in [-0.3, -0.25) is 27.9 Å². The molecule has 4 atom stereocenters. The van der Waals surface area contributed by atoms with E-state index in [0.29, 0.717) is 61.5 Å². The van der Waals surface area contributed by atoms with E-state index in [1.807, 2.05) is 0 Å². The smallest absolute Gasteiger partial charge is 0.431 e. The maximum atomic E-state index is 13.6. The van der Waals surface area contributed by atoms with E-state index in [9.17, 15) is 50.3 Å². The Bertz CT molecular complexity index is 2820. The van der Waals surface area contributed by atoms with Crippen LogP contribution >= 0.6 is 0 Å². The predicted molar refractivity (Wildman–Crippen MR) is 219 cm³/mol. The summed E-state index contributed by atoms with van der Waals surface area (Å²) >= 11 is 0. The highest BCUT2D eigenvalue weighted by Gasteiger charge is 2.34. The molecule has 0 bridgehead atoms. The van der Waals surface area contributed by atoms with Gasteiger partial charge in [-0.1, -0.05) is 24.3 Å². The molecule has 340 valence electrons. The normalized spacial score (nSPS) is 19.2. The van der Waals surface area contributed by atoms with Crippen LogP contribution in [-0.4, -0.2) is 67.8 Å². The van der Waals surface area contributed by atoms with Crippen LogP contribution in [0.5, 0.6) is 0 Å². The summed E-state index contributed by atoms with van der Waals surface area (Å²) in [6.07, 6.45) is -7.92. The molecule has 2 fully saturated rings. The molecule has 8 rings (SSSR count). The average molecular weight is 901 g/mol. The Kier molecular flexibility index (Phi) is 11.2. The average Bonchev–Trinajstić information content (AvgIpc) is 4.03. The minimum atomic E-state index is -4.53. The number of anilines is 2. The highest BCUT2D eigenvalue weighted by molar-refractivity contribution is 5.75. The fraction of sp³-hybridized carbons (Fsp3) is 0.439. The van der Waals surface area contributed by atoms with Crippen LogP contribution in [0, 0.1) is 0 Å². The predicted octanol–water partition coefficient (Wildman–Crippen LogP) is 4.83. The third-order valence-electron chi connectivity index (χ3n) is 11.9. The zero-order chi connectivity index (χ0) is 46.0. The summed E-state index contributed by atoms with van der Waals surface area (Å²) in [4.78, 5) is 75.5. The van der Waals surface area contributed by atoms with Crippen molar-refractivity contribution in [3.8, 4) is 0 Å². The van der Waals surface area contributed by atoms with Crippen LogP contribution < -0.4 is 33.1 Å². The van der Waals surface area contributed by atoms with Gasteiger partial charge in [0.15, 0.2) is 22.3 Å². The minimum absolute atomic E-state index is 0.107. The van der Waals surface area contributed by atoms with Crippen LogP contribution in [0.25, 0.3) is 22.3 Å². The summed E-state index contributed by atoms with van der Waals surface area (Å²) in [5.74, 6) is 0.581. The Morgan fingerprint density at radius 2 is 0.953 bits per heavy atom. The number of carbonyl (C=O) groups is 1. The fourth-order valence-electron chi connectivity index (χ4n) is 8.41. The van der Waals surface area contributed by atoms with Crippen molar-refractivity contribution >= 4 is 40.4 Å². The molecule has 4 heterocycles. The number of aromatic nitrogens is 8. The third-order valence-corrected chi connectivity index (χ3v) is 11.9. The molecule has 0 radical (unpaired) electrons. The monoisotopic (exact) mass is 900 g/mol. The first-order valence-corrected chi connectivity index (χ1v) is 20.2. The molecule has 0 amide bonds. The standard InChI is InChI=1S/C41H42F6N10O7/c1-52-29-31(54(3)37(60)56(33(29)58)19-21-5-9-23(10-6-21)40(42,43)44)50-35(52)48-25-13-15-27(17-25)63-39(62)64-28-16-14-26(18-28)49-36-51-32-30(53(36)2)34(59)57(38(61)55(32)4)20-22-7-11-24(12-8-22)41(45,46)47/h5-12,25-28H,13-20H2,1-4H3,(H,48,50)(H,49,51)/t25-,26-,27+,28+/m1/s1. The summed E-state index contributed by atoms with van der Waals surface area (Å²) in [5, 5.41) is 6.54. The van der Waals surface area contributed by atoms with Crippen LogP contribution in [-0.2, 0) is 63.1 Å². The fourth-order valence-corrected chi connectivity index (χ4v) is 8.41. The number of hydrogen-bond acceptors (Lipinski definition) is 11. The highest BCUT2D eigenvalue weighted by atomic mass is 19.4. The van der Waals surface area contributed by atoms with E-state index in [0.717, 1.165) is 33.4 Å². The molecule has 2 aliphatic rings. The van der Waals surface area contributed by atoms with Crippen LogP contribution in [0.2, 0.25) is 0 Å². The molecule has 64 heavy (non-hydrogen) atoms. The quantitative estimate of drug-likeness (QED) is 0.142. The molecule has 2 aliphatic carbocycles. The van der Waals surface area contributed by atoms with Crippen molar-refractivity contribution in [2.75, 3.05) is 10.6 Å². The lowest BCUT2D eigenvalue weighted by Gasteiger charge is -2.17. The molecular weight excluding hydrogens is 859 g/mol. The van der Waals surface area contributed by atoms with Crippen LogP contribution in [0.1, 0.15) is 60.8 Å². The second-order valence-electron chi connectivity index (χ2n) is 16.2. The van der Waals surface area contributed by atoms with Gasteiger partial charge in [-0.05, 0) is 61.1 Å². The number of halogens is 6. The van der Waals surface area contributed by atoms with Gasteiger partial charge < -0.3 is 29.2 Å². The van der Waals surface area contributed by atoms with E-state index in [2.05, 4.69) is 20.6 Å². The van der Waals surface area contributed by atoms with E-state index in [4.69, 9.17) is 9.47 Å². The van der Waals surface area contributed by atoms with E-state index in [1.54, 1.807) is 14.1 Å². The Hall–Kier alpha value is -6.81. The van der Waals surface area contributed by atoms with Crippen LogP contribution in [0.3, 0.4) is 0 Å². The van der Waals surface area contributed by atoms with E-state index in [-0.39, 0.29) is 47.5 Å². The van der Waals surface area contributed by atoms with Crippen molar-refractivity contribution in [1.82, 2.24) is 37.4 Å². The maximum Gasteiger partial charge on any atom is 0.508 e. The molecule has 0 aliphatic heterocycles. The van der Waals surface area contributed by atoms with Crippen LogP contribution in [0.4, 0.5) is 43.0 Å². The van der Waals surface area contributed by atoms with Gasteiger partial charge in [-0.25, -0.2) is 14.4 Å². The van der Waals surface area contributed by atoms with Gasteiger partial charge in [-0.2, -0.15) is 36.3 Å². The Labute approximate surface area is 357 Å². The van der Waals surface area contributed by atoms with Gasteiger partial charge in [0.25, 0.3) is 11.1 Å². The van der Waals surface area contributed by atoms with Gasteiger partial charge in [0.05, 0.1) is 24.2 Å².